The Labute approximate surface area is 56.8 Å². The first-order valence-electron chi connectivity index (χ1n) is 2.53. The Hall–Kier alpha value is -1.56. The molecule has 5 N–H and O–H groups in total. The summed E-state index contributed by atoms with van der Waals surface area (Å²) in [6.07, 6.45) is 1.81. The van der Waals surface area contributed by atoms with E-state index in [1.165, 1.54) is 6.20 Å². The molecule has 1 amide bonds. The molecule has 1 heterocycles. The highest BCUT2D eigenvalue weighted by Crippen LogP contribution is 2.14. The largest absolute Gasteiger partial charge is 0.382 e. The molecule has 0 fully saturated rings. The summed E-state index contributed by atoms with van der Waals surface area (Å²) in [6, 6.07) is 0. The number of amides is 1. The minimum Gasteiger partial charge on any atom is -0.382 e. The molecular weight excluding hydrogens is 134 g/mol. The number of aromatic nitrogens is 2. The van der Waals surface area contributed by atoms with E-state index in [0.29, 0.717) is 12.1 Å². The van der Waals surface area contributed by atoms with Crippen molar-refractivity contribution in [1.29, 1.82) is 0 Å². The van der Waals surface area contributed by atoms with Crippen molar-refractivity contribution in [1.82, 2.24) is 10.2 Å². The van der Waals surface area contributed by atoms with Crippen molar-refractivity contribution in [2.75, 3.05) is 10.7 Å². The summed E-state index contributed by atoms with van der Waals surface area (Å²) in [4.78, 5) is 10.1. The number of aromatic amines is 1. The van der Waals surface area contributed by atoms with Crippen LogP contribution in [0, 0.1) is 0 Å². The first kappa shape index (κ1) is 6.56. The van der Waals surface area contributed by atoms with Gasteiger partial charge >= 0.3 is 0 Å². The molecular formula is C4H7N5O. The number of carbonyl (C=O) groups excluding carboxylic acids is 1. The maximum absolute atomic E-state index is 10.1. The van der Waals surface area contributed by atoms with Gasteiger partial charge in [-0.25, -0.2) is 10.9 Å². The lowest BCUT2D eigenvalue weighted by Gasteiger charge is -2.05. The van der Waals surface area contributed by atoms with Crippen LogP contribution in [-0.4, -0.2) is 16.6 Å². The van der Waals surface area contributed by atoms with Crippen LogP contribution in [0.25, 0.3) is 0 Å². The van der Waals surface area contributed by atoms with E-state index in [1.807, 2.05) is 0 Å². The number of nitrogens with two attached hydrogens (primary N) is 2. The normalized spacial score (nSPS) is 9.30. The smallest absolute Gasteiger partial charge is 0.228 e. The third-order valence-corrected chi connectivity index (χ3v) is 1.04. The molecule has 0 saturated heterocycles. The van der Waals surface area contributed by atoms with Crippen LogP contribution in [0.2, 0.25) is 0 Å². The highest BCUT2D eigenvalue weighted by atomic mass is 16.1. The Morgan fingerprint density at radius 3 is 2.90 bits per heavy atom. The van der Waals surface area contributed by atoms with Gasteiger partial charge in [-0.05, 0) is 0 Å². The number of hydrazine groups is 1. The number of rotatable bonds is 2. The van der Waals surface area contributed by atoms with E-state index in [-0.39, 0.29) is 5.82 Å². The van der Waals surface area contributed by atoms with Gasteiger partial charge in [0.15, 0.2) is 0 Å². The number of nitrogen functional groups attached to an aromatic ring is 1. The maximum Gasteiger partial charge on any atom is 0.228 e. The number of hydrogen-bond donors (Lipinski definition) is 3. The molecule has 0 aromatic carbocycles. The quantitative estimate of drug-likeness (QED) is 0.209. The predicted octanol–water partition coefficient (Wildman–Crippen LogP) is -1.17. The van der Waals surface area contributed by atoms with Crippen LogP contribution in [0.3, 0.4) is 0 Å². The highest BCUT2D eigenvalue weighted by molar-refractivity contribution is 5.78. The standard InChI is InChI=1S/C4H7N5O/c5-4-3(1-7-8-4)9(6)2-10/h1-2H,6H2,(H3,5,7,8). The zero-order valence-electron chi connectivity index (χ0n) is 5.11. The Kier molecular flexibility index (Phi) is 1.55. The van der Waals surface area contributed by atoms with Gasteiger partial charge in [0.1, 0.15) is 11.5 Å². The summed E-state index contributed by atoms with van der Waals surface area (Å²) >= 11 is 0. The lowest BCUT2D eigenvalue weighted by molar-refractivity contribution is -0.107. The molecule has 1 rings (SSSR count). The van der Waals surface area contributed by atoms with Crippen molar-refractivity contribution in [3.8, 4) is 0 Å². The van der Waals surface area contributed by atoms with Crippen molar-refractivity contribution in [2.24, 2.45) is 5.84 Å². The Bertz CT molecular complexity index is 231. The molecule has 6 heteroatoms. The van der Waals surface area contributed by atoms with Gasteiger partial charge in [0.2, 0.25) is 6.41 Å². The van der Waals surface area contributed by atoms with Crippen LogP contribution < -0.4 is 16.6 Å². The highest BCUT2D eigenvalue weighted by Gasteiger charge is 2.04. The molecule has 0 aliphatic heterocycles. The van der Waals surface area contributed by atoms with Gasteiger partial charge in [0, 0.05) is 0 Å². The van der Waals surface area contributed by atoms with Gasteiger partial charge in [0.05, 0.1) is 6.20 Å². The summed E-state index contributed by atoms with van der Waals surface area (Å²) in [5, 5.41) is 6.84. The average molecular weight is 141 g/mol. The van der Waals surface area contributed by atoms with Gasteiger partial charge in [-0.3, -0.25) is 9.89 Å². The lowest BCUT2D eigenvalue weighted by Crippen LogP contribution is -2.28. The van der Waals surface area contributed by atoms with E-state index in [1.54, 1.807) is 0 Å². The van der Waals surface area contributed by atoms with Crippen molar-refractivity contribution < 1.29 is 4.79 Å². The average Bonchev–Trinajstić information content (AvgIpc) is 2.34. The van der Waals surface area contributed by atoms with Gasteiger partial charge in [-0.2, -0.15) is 5.10 Å². The van der Waals surface area contributed by atoms with Crippen molar-refractivity contribution in [2.45, 2.75) is 0 Å². The fraction of sp³-hybridized carbons (Fsp3) is 0. The van der Waals surface area contributed by atoms with Crippen LogP contribution in [0.1, 0.15) is 0 Å². The molecule has 0 bridgehead atoms. The number of nitrogens with one attached hydrogen (secondary N) is 1. The Morgan fingerprint density at radius 1 is 1.80 bits per heavy atom. The molecule has 0 aliphatic carbocycles. The molecule has 0 saturated carbocycles. The third-order valence-electron chi connectivity index (χ3n) is 1.04. The topological polar surface area (TPSA) is 101 Å². The van der Waals surface area contributed by atoms with Gasteiger partial charge in [-0.15, -0.1) is 0 Å². The molecule has 0 aliphatic rings. The Balaban J connectivity index is 2.92. The minimum absolute atomic E-state index is 0.273. The van der Waals surface area contributed by atoms with Gasteiger partial charge in [-0.1, -0.05) is 0 Å². The first-order valence-corrected chi connectivity index (χ1v) is 2.53. The molecule has 6 nitrogen and oxygen atoms in total. The molecule has 0 radical (unpaired) electrons. The molecule has 0 atom stereocenters. The summed E-state index contributed by atoms with van der Waals surface area (Å²) in [5.41, 5.74) is 5.69. The zero-order chi connectivity index (χ0) is 7.56. The fourth-order valence-electron chi connectivity index (χ4n) is 0.552. The van der Waals surface area contributed by atoms with E-state index in [4.69, 9.17) is 11.6 Å². The van der Waals surface area contributed by atoms with Gasteiger partial charge in [0.25, 0.3) is 0 Å². The van der Waals surface area contributed by atoms with E-state index >= 15 is 0 Å². The molecule has 1 aromatic rings. The summed E-state index contributed by atoms with van der Waals surface area (Å²) in [5.74, 6) is 5.44. The maximum atomic E-state index is 10.1. The number of hydrogen-bond acceptors (Lipinski definition) is 4. The number of nitrogens with zero attached hydrogens (tertiary/aromatic N) is 2. The van der Waals surface area contributed by atoms with Crippen LogP contribution >= 0.6 is 0 Å². The number of carbonyl (C=O) groups is 1. The third kappa shape index (κ3) is 0.914. The predicted molar refractivity (Wildman–Crippen MR) is 35.7 cm³/mol. The second-order valence-electron chi connectivity index (χ2n) is 1.68. The van der Waals surface area contributed by atoms with E-state index in [2.05, 4.69) is 10.2 Å². The molecule has 10 heavy (non-hydrogen) atoms. The Morgan fingerprint density at radius 2 is 2.50 bits per heavy atom. The van der Waals surface area contributed by atoms with Crippen molar-refractivity contribution in [3.63, 3.8) is 0 Å². The van der Waals surface area contributed by atoms with E-state index < -0.39 is 0 Å². The number of H-pyrrole nitrogens is 1. The molecule has 0 spiro atoms. The molecule has 0 unspecified atom stereocenters. The monoisotopic (exact) mass is 141 g/mol. The summed E-state index contributed by atoms with van der Waals surface area (Å²) in [7, 11) is 0. The molecule has 54 valence electrons. The van der Waals surface area contributed by atoms with Crippen LogP contribution in [0.15, 0.2) is 6.20 Å². The number of anilines is 2. The van der Waals surface area contributed by atoms with Crippen molar-refractivity contribution in [3.05, 3.63) is 6.20 Å². The van der Waals surface area contributed by atoms with Gasteiger partial charge < -0.3 is 5.73 Å². The van der Waals surface area contributed by atoms with Crippen molar-refractivity contribution >= 4 is 17.9 Å². The lowest BCUT2D eigenvalue weighted by atomic mass is 10.5. The summed E-state index contributed by atoms with van der Waals surface area (Å²) in [6.45, 7) is 0. The molecule has 1 aromatic heterocycles. The fourth-order valence-corrected chi connectivity index (χ4v) is 0.552. The van der Waals surface area contributed by atoms with Crippen LogP contribution in [-0.2, 0) is 4.79 Å². The SMILES string of the molecule is Nc1[nH]ncc1N(N)C=O. The minimum atomic E-state index is 0.273. The second-order valence-corrected chi connectivity index (χ2v) is 1.68. The van der Waals surface area contributed by atoms with Crippen LogP contribution in [0.5, 0.6) is 0 Å². The van der Waals surface area contributed by atoms with E-state index in [0.717, 1.165) is 5.01 Å². The first-order chi connectivity index (χ1) is 4.75. The zero-order valence-corrected chi connectivity index (χ0v) is 5.11. The van der Waals surface area contributed by atoms with Crippen LogP contribution in [0.4, 0.5) is 11.5 Å². The second kappa shape index (κ2) is 2.36. The van der Waals surface area contributed by atoms with E-state index in [9.17, 15) is 4.79 Å². The summed E-state index contributed by atoms with van der Waals surface area (Å²) < 4.78 is 0.